The van der Waals surface area contributed by atoms with Crippen LogP contribution in [0.15, 0.2) is 101 Å². The van der Waals surface area contributed by atoms with Gasteiger partial charge >= 0.3 is 0 Å². The van der Waals surface area contributed by atoms with Crippen molar-refractivity contribution in [2.75, 3.05) is 17.7 Å². The van der Waals surface area contributed by atoms with Crippen molar-refractivity contribution in [2.24, 2.45) is 4.99 Å². The first-order valence-corrected chi connectivity index (χ1v) is 9.98. The Morgan fingerprint density at radius 2 is 1.21 bits per heavy atom. The molecule has 33 heavy (non-hydrogen) atoms. The number of rotatable bonds is 6. The zero-order valence-corrected chi connectivity index (χ0v) is 17.6. The number of nitrogens with zero attached hydrogens (tertiary/aromatic N) is 1. The second-order valence-electron chi connectivity index (χ2n) is 7.15. The number of carbonyl (C=O) groups excluding carboxylic acids is 1. The Hall–Kier alpha value is -4.72. The number of methoxy groups -OCH3 is 1. The number of allylic oxidation sites excluding steroid dienone is 1. The van der Waals surface area contributed by atoms with Gasteiger partial charge in [-0.2, -0.15) is 0 Å². The molecule has 0 saturated carbocycles. The normalized spacial score (nSPS) is 14.8. The van der Waals surface area contributed by atoms with E-state index in [2.05, 4.69) is 15.6 Å². The van der Waals surface area contributed by atoms with E-state index in [-0.39, 0.29) is 28.7 Å². The molecule has 1 aliphatic carbocycles. The Morgan fingerprint density at radius 3 is 1.73 bits per heavy atom. The number of aliphatic imine (C=N–C) groups is 1. The number of benzene rings is 3. The summed E-state index contributed by atoms with van der Waals surface area (Å²) in [4.78, 5) is 17.8. The molecule has 5 N–H and O–H groups in total. The number of hydrogen-bond acceptors (Lipinski definition) is 8. The Bertz CT molecular complexity index is 1260. The second-order valence-corrected chi connectivity index (χ2v) is 7.15. The summed E-state index contributed by atoms with van der Waals surface area (Å²) in [7, 11) is 1.40. The molecule has 8 nitrogen and oxygen atoms in total. The quantitative estimate of drug-likeness (QED) is 0.282. The first kappa shape index (κ1) is 21.5. The van der Waals surface area contributed by atoms with Crippen LogP contribution in [0.5, 0.6) is 17.2 Å². The molecule has 3 aromatic rings. The number of hydrogen-bond donors (Lipinski definition) is 5. The minimum absolute atomic E-state index is 0.0457. The van der Waals surface area contributed by atoms with Gasteiger partial charge < -0.3 is 30.7 Å². The van der Waals surface area contributed by atoms with Gasteiger partial charge in [-0.3, -0.25) is 4.79 Å². The van der Waals surface area contributed by atoms with Crippen molar-refractivity contribution in [3.05, 3.63) is 96.0 Å². The molecular formula is C25H21N3O5. The summed E-state index contributed by atoms with van der Waals surface area (Å²) in [5.74, 6) is -0.0177. The number of ketones is 1. The van der Waals surface area contributed by atoms with Crippen molar-refractivity contribution < 1.29 is 24.9 Å². The van der Waals surface area contributed by atoms with E-state index in [0.29, 0.717) is 28.5 Å². The number of aromatic hydroxyl groups is 3. The van der Waals surface area contributed by atoms with E-state index in [9.17, 15) is 20.1 Å². The lowest BCUT2D eigenvalue weighted by Gasteiger charge is -2.22. The molecule has 4 rings (SSSR count). The zero-order chi connectivity index (χ0) is 23.4. The first-order valence-electron chi connectivity index (χ1n) is 9.98. The Kier molecular flexibility index (Phi) is 5.99. The summed E-state index contributed by atoms with van der Waals surface area (Å²) < 4.78 is 5.46. The molecule has 1 aliphatic rings. The van der Waals surface area contributed by atoms with E-state index in [1.165, 1.54) is 43.5 Å². The van der Waals surface area contributed by atoms with Gasteiger partial charge in [-0.25, -0.2) is 4.99 Å². The number of ether oxygens (including phenoxy) is 1. The Labute approximate surface area is 189 Å². The lowest BCUT2D eigenvalue weighted by molar-refractivity contribution is -0.115. The van der Waals surface area contributed by atoms with Gasteiger partial charge in [0.25, 0.3) is 0 Å². The van der Waals surface area contributed by atoms with Crippen molar-refractivity contribution in [3.8, 4) is 17.2 Å². The number of phenolic OH excluding ortho intramolecular Hbond substituents is 3. The van der Waals surface area contributed by atoms with Gasteiger partial charge in [-0.05, 0) is 78.9 Å². The molecule has 0 radical (unpaired) electrons. The maximum atomic E-state index is 13.2. The van der Waals surface area contributed by atoms with Gasteiger partial charge in [0.1, 0.15) is 22.9 Å². The highest BCUT2D eigenvalue weighted by Gasteiger charge is 2.29. The predicted molar refractivity (Wildman–Crippen MR) is 126 cm³/mol. The molecule has 3 aromatic carbocycles. The third-order valence-electron chi connectivity index (χ3n) is 4.80. The predicted octanol–water partition coefficient (Wildman–Crippen LogP) is 4.42. The third kappa shape index (κ3) is 4.96. The average Bonchev–Trinajstić information content (AvgIpc) is 2.81. The fourth-order valence-electron chi connectivity index (χ4n) is 3.18. The number of anilines is 2. The van der Waals surface area contributed by atoms with Crippen molar-refractivity contribution in [1.82, 2.24) is 0 Å². The van der Waals surface area contributed by atoms with Crippen LogP contribution in [0.3, 0.4) is 0 Å². The van der Waals surface area contributed by atoms with Crippen molar-refractivity contribution in [2.45, 2.75) is 0 Å². The van der Waals surface area contributed by atoms with Gasteiger partial charge in [-0.1, -0.05) is 0 Å². The van der Waals surface area contributed by atoms with Crippen LogP contribution in [-0.2, 0) is 9.53 Å². The number of carbonyl (C=O) groups is 1. The summed E-state index contributed by atoms with van der Waals surface area (Å²) in [6, 6.07) is 19.0. The minimum atomic E-state index is -0.392. The van der Waals surface area contributed by atoms with Crippen molar-refractivity contribution in [3.63, 3.8) is 0 Å². The second kappa shape index (κ2) is 9.19. The van der Waals surface area contributed by atoms with Gasteiger partial charge in [0, 0.05) is 11.4 Å². The maximum absolute atomic E-state index is 13.2. The van der Waals surface area contributed by atoms with Gasteiger partial charge in [0.15, 0.2) is 5.76 Å². The summed E-state index contributed by atoms with van der Waals surface area (Å²) in [6.07, 6.45) is 1.59. The fraction of sp³-hybridized carbons (Fsp3) is 0.0400. The molecule has 0 unspecified atom stereocenters. The molecule has 0 aromatic heterocycles. The minimum Gasteiger partial charge on any atom is -0.508 e. The van der Waals surface area contributed by atoms with E-state index in [0.717, 1.165) is 0 Å². The van der Waals surface area contributed by atoms with Crippen LogP contribution in [0.2, 0.25) is 0 Å². The topological polar surface area (TPSA) is 123 Å². The van der Waals surface area contributed by atoms with Crippen molar-refractivity contribution in [1.29, 1.82) is 0 Å². The monoisotopic (exact) mass is 443 g/mol. The molecule has 8 heteroatoms. The fourth-order valence-corrected chi connectivity index (χ4v) is 3.18. The summed E-state index contributed by atoms with van der Waals surface area (Å²) in [5, 5.41) is 34.9. The number of Topliss-reactive ketones (excluding diaryl/α,β-unsaturated/α-hetero) is 1. The summed E-state index contributed by atoms with van der Waals surface area (Å²) in [6.45, 7) is 0. The highest BCUT2D eigenvalue weighted by atomic mass is 16.5. The average molecular weight is 443 g/mol. The van der Waals surface area contributed by atoms with E-state index >= 15 is 0 Å². The highest BCUT2D eigenvalue weighted by Crippen LogP contribution is 2.28. The molecule has 0 aliphatic heterocycles. The Morgan fingerprint density at radius 1 is 0.727 bits per heavy atom. The smallest absolute Gasteiger partial charge is 0.245 e. The summed E-state index contributed by atoms with van der Waals surface area (Å²) in [5.41, 5.74) is 2.75. The van der Waals surface area contributed by atoms with Gasteiger partial charge in [-0.15, -0.1) is 0 Å². The molecule has 0 atom stereocenters. The van der Waals surface area contributed by atoms with Crippen LogP contribution in [0.1, 0.15) is 0 Å². The number of phenols is 3. The molecule has 0 fully saturated rings. The van der Waals surface area contributed by atoms with E-state index < -0.39 is 5.78 Å². The van der Waals surface area contributed by atoms with Crippen molar-refractivity contribution >= 4 is 28.6 Å². The van der Waals surface area contributed by atoms with Gasteiger partial charge in [0.05, 0.1) is 24.2 Å². The van der Waals surface area contributed by atoms with Crippen LogP contribution in [-0.4, -0.2) is 33.9 Å². The third-order valence-corrected chi connectivity index (χ3v) is 4.80. The lowest BCUT2D eigenvalue weighted by atomic mass is 10.0. The van der Waals surface area contributed by atoms with E-state index in [1.807, 2.05) is 0 Å². The van der Waals surface area contributed by atoms with E-state index in [4.69, 9.17) is 4.74 Å². The number of nitrogens with one attached hydrogen (secondary N) is 2. The molecule has 166 valence electrons. The van der Waals surface area contributed by atoms with Crippen LogP contribution in [0.4, 0.5) is 17.1 Å². The molecule has 0 saturated heterocycles. The molecule has 0 heterocycles. The highest BCUT2D eigenvalue weighted by molar-refractivity contribution is 6.26. The van der Waals surface area contributed by atoms with Gasteiger partial charge in [0.2, 0.25) is 5.78 Å². The first-order chi connectivity index (χ1) is 15.9. The standard InChI is InChI=1S/C25H21N3O5/c1-33-25-23(28-17-6-12-20(31)13-7-17)21(26-15-2-8-18(29)9-3-15)14-22(24(25)32)27-16-4-10-19(30)11-5-16/h2-14,27-31H,1H3. The zero-order valence-electron chi connectivity index (χ0n) is 17.6. The lowest BCUT2D eigenvalue weighted by Crippen LogP contribution is -2.27. The van der Waals surface area contributed by atoms with Crippen LogP contribution in [0.25, 0.3) is 0 Å². The SMILES string of the molecule is COC1=C(Nc2ccc(O)cc2)C(=Nc2ccc(O)cc2)C=C(Nc2ccc(O)cc2)C1=O. The van der Waals surface area contributed by atoms with E-state index in [1.54, 1.807) is 42.5 Å². The molecular weight excluding hydrogens is 422 g/mol. The maximum Gasteiger partial charge on any atom is 0.245 e. The molecule has 0 spiro atoms. The molecule has 0 amide bonds. The van der Waals surface area contributed by atoms with Crippen LogP contribution < -0.4 is 10.6 Å². The van der Waals surface area contributed by atoms with Crippen LogP contribution >= 0.6 is 0 Å². The Balaban J connectivity index is 1.77. The molecule has 0 bridgehead atoms. The van der Waals surface area contributed by atoms with Crippen LogP contribution in [0, 0.1) is 0 Å². The largest absolute Gasteiger partial charge is 0.508 e. The summed E-state index contributed by atoms with van der Waals surface area (Å²) >= 11 is 0.